The largest absolute Gasteiger partial charge is 0.361 e. The maximum atomic E-state index is 12.2. The molecule has 0 aliphatic rings. The standard InChI is InChI=1S/C14H14N4O/c1-2-9-8-13(18-17-9)16-14(19)11-4-3-5-12-10(11)6-7-15-12/h3-8,15H,2H2,1H3,(H2,16,17,18,19). The van der Waals surface area contributed by atoms with Crippen LogP contribution in [0.2, 0.25) is 0 Å². The number of carbonyl (C=O) groups excluding carboxylic acids is 1. The molecule has 5 nitrogen and oxygen atoms in total. The lowest BCUT2D eigenvalue weighted by Crippen LogP contribution is -2.12. The number of fused-ring (bicyclic) bond motifs is 1. The number of aromatic amines is 2. The molecule has 0 spiro atoms. The van der Waals surface area contributed by atoms with Gasteiger partial charge in [0.2, 0.25) is 0 Å². The molecule has 19 heavy (non-hydrogen) atoms. The van der Waals surface area contributed by atoms with Crippen molar-refractivity contribution in [3.05, 3.63) is 47.8 Å². The first-order valence-corrected chi connectivity index (χ1v) is 6.19. The fourth-order valence-electron chi connectivity index (χ4n) is 2.07. The molecule has 0 radical (unpaired) electrons. The number of hydrogen-bond donors (Lipinski definition) is 3. The summed E-state index contributed by atoms with van der Waals surface area (Å²) in [5.41, 5.74) is 2.58. The molecule has 0 atom stereocenters. The van der Waals surface area contributed by atoms with Gasteiger partial charge in [0, 0.05) is 34.4 Å². The van der Waals surface area contributed by atoms with Crippen LogP contribution in [0.15, 0.2) is 36.5 Å². The van der Waals surface area contributed by atoms with Crippen molar-refractivity contribution >= 4 is 22.6 Å². The highest BCUT2D eigenvalue weighted by Crippen LogP contribution is 2.18. The number of benzene rings is 1. The predicted octanol–water partition coefficient (Wildman–Crippen LogP) is 2.71. The topological polar surface area (TPSA) is 73.6 Å². The third-order valence-corrected chi connectivity index (χ3v) is 3.09. The van der Waals surface area contributed by atoms with Crippen LogP contribution >= 0.6 is 0 Å². The molecule has 0 fully saturated rings. The van der Waals surface area contributed by atoms with Crippen LogP contribution in [-0.4, -0.2) is 21.1 Å². The lowest BCUT2D eigenvalue weighted by molar-refractivity contribution is 0.102. The highest BCUT2D eigenvalue weighted by Gasteiger charge is 2.11. The van der Waals surface area contributed by atoms with Crippen LogP contribution in [-0.2, 0) is 6.42 Å². The molecule has 0 saturated carbocycles. The normalized spacial score (nSPS) is 10.8. The summed E-state index contributed by atoms with van der Waals surface area (Å²) in [7, 11) is 0. The van der Waals surface area contributed by atoms with Gasteiger partial charge in [-0.15, -0.1) is 0 Å². The summed E-state index contributed by atoms with van der Waals surface area (Å²) in [6.45, 7) is 2.03. The van der Waals surface area contributed by atoms with Gasteiger partial charge < -0.3 is 10.3 Å². The summed E-state index contributed by atoms with van der Waals surface area (Å²) < 4.78 is 0. The second-order valence-corrected chi connectivity index (χ2v) is 4.33. The van der Waals surface area contributed by atoms with Crippen molar-refractivity contribution in [3.63, 3.8) is 0 Å². The maximum absolute atomic E-state index is 12.2. The minimum absolute atomic E-state index is 0.153. The quantitative estimate of drug-likeness (QED) is 0.672. The molecule has 3 N–H and O–H groups in total. The van der Waals surface area contributed by atoms with E-state index in [9.17, 15) is 4.79 Å². The fourth-order valence-corrected chi connectivity index (χ4v) is 2.07. The van der Waals surface area contributed by atoms with Crippen molar-refractivity contribution in [2.45, 2.75) is 13.3 Å². The lowest BCUT2D eigenvalue weighted by atomic mass is 10.1. The van der Waals surface area contributed by atoms with E-state index in [1.807, 2.05) is 37.4 Å². The molecule has 1 amide bonds. The highest BCUT2D eigenvalue weighted by molar-refractivity contribution is 6.12. The Labute approximate surface area is 110 Å². The Hall–Kier alpha value is -2.56. The molecule has 5 heteroatoms. The third kappa shape index (κ3) is 2.10. The molecular formula is C14H14N4O. The van der Waals surface area contributed by atoms with E-state index in [2.05, 4.69) is 20.5 Å². The number of aryl methyl sites for hydroxylation is 1. The van der Waals surface area contributed by atoms with Crippen LogP contribution in [0.25, 0.3) is 10.9 Å². The Bertz CT molecular complexity index is 726. The molecule has 2 heterocycles. The smallest absolute Gasteiger partial charge is 0.257 e. The number of nitrogens with one attached hydrogen (secondary N) is 3. The molecule has 0 unspecified atom stereocenters. The van der Waals surface area contributed by atoms with E-state index in [4.69, 9.17) is 0 Å². The summed E-state index contributed by atoms with van der Waals surface area (Å²) in [4.78, 5) is 15.3. The number of rotatable bonds is 3. The van der Waals surface area contributed by atoms with Gasteiger partial charge in [-0.25, -0.2) is 0 Å². The summed E-state index contributed by atoms with van der Waals surface area (Å²) in [5.74, 6) is 0.397. The molecule has 2 aromatic heterocycles. The van der Waals surface area contributed by atoms with Crippen molar-refractivity contribution < 1.29 is 4.79 Å². The first kappa shape index (κ1) is 11.5. The number of aromatic nitrogens is 3. The zero-order valence-corrected chi connectivity index (χ0v) is 10.5. The van der Waals surface area contributed by atoms with Crippen LogP contribution in [0.4, 0.5) is 5.82 Å². The number of anilines is 1. The Kier molecular flexibility index (Phi) is 2.79. The van der Waals surface area contributed by atoms with Crippen molar-refractivity contribution in [2.24, 2.45) is 0 Å². The second-order valence-electron chi connectivity index (χ2n) is 4.33. The second kappa shape index (κ2) is 4.61. The SMILES string of the molecule is CCc1cc(NC(=O)c2cccc3[nH]ccc23)n[nH]1. The molecule has 3 aromatic rings. The van der Waals surface area contributed by atoms with E-state index in [0.29, 0.717) is 11.4 Å². The van der Waals surface area contributed by atoms with Crippen LogP contribution in [0.3, 0.4) is 0 Å². The van der Waals surface area contributed by atoms with Gasteiger partial charge in [-0.3, -0.25) is 9.89 Å². The van der Waals surface area contributed by atoms with Crippen molar-refractivity contribution in [2.75, 3.05) is 5.32 Å². The third-order valence-electron chi connectivity index (χ3n) is 3.09. The molecule has 0 aliphatic carbocycles. The van der Waals surface area contributed by atoms with Gasteiger partial charge >= 0.3 is 0 Å². The van der Waals surface area contributed by atoms with Gasteiger partial charge in [0.05, 0.1) is 0 Å². The van der Waals surface area contributed by atoms with Crippen LogP contribution in [0.5, 0.6) is 0 Å². The minimum atomic E-state index is -0.153. The van der Waals surface area contributed by atoms with Crippen LogP contribution < -0.4 is 5.32 Å². The molecular weight excluding hydrogens is 240 g/mol. The number of nitrogens with zero attached hydrogens (tertiary/aromatic N) is 1. The van der Waals surface area contributed by atoms with Crippen LogP contribution in [0, 0.1) is 0 Å². The van der Waals surface area contributed by atoms with Gasteiger partial charge in [-0.2, -0.15) is 5.10 Å². The Morgan fingerprint density at radius 1 is 1.37 bits per heavy atom. The fraction of sp³-hybridized carbons (Fsp3) is 0.143. The monoisotopic (exact) mass is 254 g/mol. The molecule has 0 aliphatic heterocycles. The maximum Gasteiger partial charge on any atom is 0.257 e. The Morgan fingerprint density at radius 2 is 2.26 bits per heavy atom. The van der Waals surface area contributed by atoms with E-state index in [1.54, 1.807) is 6.07 Å². The van der Waals surface area contributed by atoms with Gasteiger partial charge in [0.25, 0.3) is 5.91 Å². The van der Waals surface area contributed by atoms with Crippen molar-refractivity contribution in [1.29, 1.82) is 0 Å². The van der Waals surface area contributed by atoms with E-state index in [-0.39, 0.29) is 5.91 Å². The first-order valence-electron chi connectivity index (χ1n) is 6.19. The van der Waals surface area contributed by atoms with E-state index < -0.39 is 0 Å². The number of carbonyl (C=O) groups is 1. The minimum Gasteiger partial charge on any atom is -0.361 e. The number of hydrogen-bond acceptors (Lipinski definition) is 2. The average molecular weight is 254 g/mol. The Balaban J connectivity index is 1.89. The van der Waals surface area contributed by atoms with Gasteiger partial charge in [0.1, 0.15) is 0 Å². The van der Waals surface area contributed by atoms with E-state index >= 15 is 0 Å². The molecule has 96 valence electrons. The molecule has 3 rings (SSSR count). The zero-order valence-electron chi connectivity index (χ0n) is 10.5. The van der Waals surface area contributed by atoms with E-state index in [1.165, 1.54) is 0 Å². The molecule has 0 saturated heterocycles. The van der Waals surface area contributed by atoms with Crippen molar-refractivity contribution in [3.8, 4) is 0 Å². The van der Waals surface area contributed by atoms with Gasteiger partial charge in [0.15, 0.2) is 5.82 Å². The highest BCUT2D eigenvalue weighted by atomic mass is 16.1. The number of H-pyrrole nitrogens is 2. The summed E-state index contributed by atoms with van der Waals surface area (Å²) >= 11 is 0. The first-order chi connectivity index (χ1) is 9.28. The van der Waals surface area contributed by atoms with Crippen molar-refractivity contribution in [1.82, 2.24) is 15.2 Å². The average Bonchev–Trinajstić information content (AvgIpc) is 3.05. The zero-order chi connectivity index (χ0) is 13.2. The Morgan fingerprint density at radius 3 is 3.05 bits per heavy atom. The summed E-state index contributed by atoms with van der Waals surface area (Å²) in [5, 5.41) is 10.6. The number of amides is 1. The summed E-state index contributed by atoms with van der Waals surface area (Å²) in [6.07, 6.45) is 2.68. The molecule has 1 aromatic carbocycles. The van der Waals surface area contributed by atoms with Gasteiger partial charge in [-0.05, 0) is 24.6 Å². The summed E-state index contributed by atoms with van der Waals surface area (Å²) in [6, 6.07) is 9.34. The van der Waals surface area contributed by atoms with Crippen LogP contribution in [0.1, 0.15) is 23.0 Å². The van der Waals surface area contributed by atoms with Gasteiger partial charge in [-0.1, -0.05) is 13.0 Å². The lowest BCUT2D eigenvalue weighted by Gasteiger charge is -2.03. The van der Waals surface area contributed by atoms with E-state index in [0.717, 1.165) is 23.0 Å². The molecule has 0 bridgehead atoms. The predicted molar refractivity (Wildman–Crippen MR) is 74.2 cm³/mol.